The van der Waals surface area contributed by atoms with Gasteiger partial charge in [0.2, 0.25) is 0 Å². The van der Waals surface area contributed by atoms with E-state index in [1.165, 1.54) is 0 Å². The minimum atomic E-state index is -0.155. The zero-order valence-corrected chi connectivity index (χ0v) is 13.4. The summed E-state index contributed by atoms with van der Waals surface area (Å²) in [4.78, 5) is 14.0. The third-order valence-corrected chi connectivity index (χ3v) is 3.83. The van der Waals surface area contributed by atoms with E-state index < -0.39 is 0 Å². The first-order valence-electron chi connectivity index (χ1n) is 6.69. The van der Waals surface area contributed by atoms with Gasteiger partial charge in [-0.2, -0.15) is 0 Å². The number of amides is 1. The van der Waals surface area contributed by atoms with Gasteiger partial charge in [0, 0.05) is 17.6 Å². The number of hydrogen-bond donors (Lipinski definition) is 0. The quantitative estimate of drug-likeness (QED) is 0.769. The lowest BCUT2D eigenvalue weighted by Gasteiger charge is -2.21. The maximum absolute atomic E-state index is 12.2. The number of hydrogen-bond acceptors (Lipinski definition) is 1. The maximum atomic E-state index is 12.2. The van der Waals surface area contributed by atoms with Gasteiger partial charge in [0.25, 0.3) is 5.91 Å². The first-order valence-corrected chi connectivity index (χ1v) is 7.49. The van der Waals surface area contributed by atoms with Crippen LogP contribution in [-0.2, 0) is 17.9 Å². The van der Waals surface area contributed by atoms with Crippen LogP contribution in [0.25, 0.3) is 0 Å². The summed E-state index contributed by atoms with van der Waals surface area (Å²) in [5, 5.41) is 0. The van der Waals surface area contributed by atoms with Crippen molar-refractivity contribution in [3.05, 3.63) is 70.2 Å². The van der Waals surface area contributed by atoms with Gasteiger partial charge in [0.15, 0.2) is 0 Å². The number of carbonyl (C=O) groups is 1. The van der Waals surface area contributed by atoms with Crippen LogP contribution in [0, 0.1) is 11.8 Å². The lowest BCUT2D eigenvalue weighted by Crippen LogP contribution is -2.29. The first-order chi connectivity index (χ1) is 10.2. The standard InChI is InChI=1S/C18H16BrNO/c1-2-8-18(21)20(13-15-9-4-3-5-10-15)14-16-11-6-7-12-17(16)19/h3-7,9-12H,13-14H2,1H3. The van der Waals surface area contributed by atoms with Crippen LogP contribution in [0.5, 0.6) is 0 Å². The van der Waals surface area contributed by atoms with Gasteiger partial charge >= 0.3 is 0 Å². The zero-order chi connectivity index (χ0) is 15.1. The Labute approximate surface area is 133 Å². The monoisotopic (exact) mass is 341 g/mol. The molecule has 0 fully saturated rings. The molecule has 0 aliphatic carbocycles. The van der Waals surface area contributed by atoms with Crippen LogP contribution in [0.1, 0.15) is 18.1 Å². The Kier molecular flexibility index (Phi) is 5.59. The van der Waals surface area contributed by atoms with Crippen LogP contribution in [0.2, 0.25) is 0 Å². The molecule has 0 aliphatic rings. The minimum absolute atomic E-state index is 0.155. The fraction of sp³-hybridized carbons (Fsp3) is 0.167. The van der Waals surface area contributed by atoms with Crippen LogP contribution >= 0.6 is 15.9 Å². The molecule has 0 heterocycles. The second-order valence-electron chi connectivity index (χ2n) is 4.61. The summed E-state index contributed by atoms with van der Waals surface area (Å²) >= 11 is 3.52. The molecule has 0 bridgehead atoms. The van der Waals surface area contributed by atoms with E-state index >= 15 is 0 Å². The summed E-state index contributed by atoms with van der Waals surface area (Å²) in [5.41, 5.74) is 2.16. The third kappa shape index (κ3) is 4.47. The molecule has 0 N–H and O–H groups in total. The Balaban J connectivity index is 2.22. The molecule has 0 aromatic heterocycles. The molecule has 0 aliphatic heterocycles. The molecule has 21 heavy (non-hydrogen) atoms. The van der Waals surface area contributed by atoms with Crippen molar-refractivity contribution in [3.63, 3.8) is 0 Å². The highest BCUT2D eigenvalue weighted by Gasteiger charge is 2.13. The highest BCUT2D eigenvalue weighted by molar-refractivity contribution is 9.10. The molecule has 2 aromatic carbocycles. The van der Waals surface area contributed by atoms with Gasteiger partial charge in [-0.1, -0.05) is 70.4 Å². The molecule has 0 atom stereocenters. The summed E-state index contributed by atoms with van der Waals surface area (Å²) in [6, 6.07) is 17.9. The Hall–Kier alpha value is -2.05. The lowest BCUT2D eigenvalue weighted by molar-refractivity contribution is -0.126. The number of rotatable bonds is 4. The van der Waals surface area contributed by atoms with Crippen LogP contribution < -0.4 is 0 Å². The molecule has 2 nitrogen and oxygen atoms in total. The number of nitrogens with zero attached hydrogens (tertiary/aromatic N) is 1. The number of halogens is 1. The van der Waals surface area contributed by atoms with Crippen molar-refractivity contribution in [2.24, 2.45) is 0 Å². The van der Waals surface area contributed by atoms with Gasteiger partial charge in [-0.25, -0.2) is 0 Å². The van der Waals surface area contributed by atoms with E-state index in [4.69, 9.17) is 0 Å². The van der Waals surface area contributed by atoms with Crippen molar-refractivity contribution in [1.82, 2.24) is 4.90 Å². The highest BCUT2D eigenvalue weighted by atomic mass is 79.9. The summed E-state index contributed by atoms with van der Waals surface area (Å²) in [6.45, 7) is 2.76. The van der Waals surface area contributed by atoms with Crippen LogP contribution in [0.15, 0.2) is 59.1 Å². The number of carbonyl (C=O) groups excluding carboxylic acids is 1. The second-order valence-corrected chi connectivity index (χ2v) is 5.47. The Morgan fingerprint density at radius 2 is 1.71 bits per heavy atom. The minimum Gasteiger partial charge on any atom is -0.323 e. The van der Waals surface area contributed by atoms with Crippen LogP contribution in [0.4, 0.5) is 0 Å². The highest BCUT2D eigenvalue weighted by Crippen LogP contribution is 2.19. The largest absolute Gasteiger partial charge is 0.323 e. The summed E-state index contributed by atoms with van der Waals surface area (Å²) in [7, 11) is 0. The van der Waals surface area contributed by atoms with E-state index in [2.05, 4.69) is 27.8 Å². The molecule has 0 saturated carbocycles. The van der Waals surface area contributed by atoms with Gasteiger partial charge in [-0.05, 0) is 30.0 Å². The topological polar surface area (TPSA) is 20.3 Å². The number of benzene rings is 2. The Bertz CT molecular complexity index is 670. The molecule has 3 heteroatoms. The van der Waals surface area contributed by atoms with Gasteiger partial charge in [0.1, 0.15) is 0 Å². The SMILES string of the molecule is CC#CC(=O)N(Cc1ccccc1)Cc1ccccc1Br. The summed E-state index contributed by atoms with van der Waals surface area (Å²) in [6.07, 6.45) is 0. The van der Waals surface area contributed by atoms with Gasteiger partial charge in [0.05, 0.1) is 0 Å². The second kappa shape index (κ2) is 7.66. The maximum Gasteiger partial charge on any atom is 0.299 e. The van der Waals surface area contributed by atoms with Crippen LogP contribution in [0.3, 0.4) is 0 Å². The molecule has 0 unspecified atom stereocenters. The zero-order valence-electron chi connectivity index (χ0n) is 11.8. The summed E-state index contributed by atoms with van der Waals surface area (Å²) in [5.74, 6) is 5.15. The third-order valence-electron chi connectivity index (χ3n) is 3.05. The average Bonchev–Trinajstić information content (AvgIpc) is 2.50. The van der Waals surface area contributed by atoms with Crippen molar-refractivity contribution in [3.8, 4) is 11.8 Å². The van der Waals surface area contributed by atoms with Crippen molar-refractivity contribution < 1.29 is 4.79 Å². The van der Waals surface area contributed by atoms with Crippen molar-refractivity contribution in [2.45, 2.75) is 20.0 Å². The van der Waals surface area contributed by atoms with Gasteiger partial charge in [-0.15, -0.1) is 0 Å². The van der Waals surface area contributed by atoms with E-state index in [1.807, 2.05) is 54.6 Å². The Morgan fingerprint density at radius 1 is 1.05 bits per heavy atom. The van der Waals surface area contributed by atoms with E-state index in [0.717, 1.165) is 15.6 Å². The van der Waals surface area contributed by atoms with Crippen molar-refractivity contribution in [2.75, 3.05) is 0 Å². The smallest absolute Gasteiger partial charge is 0.299 e. The van der Waals surface area contributed by atoms with Crippen molar-refractivity contribution >= 4 is 21.8 Å². The Morgan fingerprint density at radius 3 is 2.38 bits per heavy atom. The predicted molar refractivity (Wildman–Crippen MR) is 88.3 cm³/mol. The fourth-order valence-corrected chi connectivity index (χ4v) is 2.43. The molecule has 106 valence electrons. The van der Waals surface area contributed by atoms with Gasteiger partial charge in [-0.3, -0.25) is 4.79 Å². The van der Waals surface area contributed by atoms with E-state index in [0.29, 0.717) is 13.1 Å². The van der Waals surface area contributed by atoms with Crippen molar-refractivity contribution in [1.29, 1.82) is 0 Å². The molecule has 2 aromatic rings. The summed E-state index contributed by atoms with van der Waals surface area (Å²) < 4.78 is 1.00. The molecule has 0 saturated heterocycles. The normalized spacial score (nSPS) is 9.62. The van der Waals surface area contributed by atoms with E-state index in [-0.39, 0.29) is 5.91 Å². The molecule has 0 spiro atoms. The molecule has 0 radical (unpaired) electrons. The van der Waals surface area contributed by atoms with Crippen LogP contribution in [-0.4, -0.2) is 10.8 Å². The molecule has 2 rings (SSSR count). The van der Waals surface area contributed by atoms with Gasteiger partial charge < -0.3 is 4.90 Å². The van der Waals surface area contributed by atoms with E-state index in [9.17, 15) is 4.79 Å². The molecular weight excluding hydrogens is 326 g/mol. The fourth-order valence-electron chi connectivity index (χ4n) is 2.02. The molecular formula is C18H16BrNO. The first kappa shape index (κ1) is 15.3. The lowest BCUT2D eigenvalue weighted by atomic mass is 10.1. The average molecular weight is 342 g/mol. The molecule has 1 amide bonds. The van der Waals surface area contributed by atoms with E-state index in [1.54, 1.807) is 11.8 Å². The predicted octanol–water partition coefficient (Wildman–Crippen LogP) is 4.00.